The van der Waals surface area contributed by atoms with Crippen molar-refractivity contribution in [3.8, 4) is 0 Å². The molecule has 0 aromatic carbocycles. The highest BCUT2D eigenvalue weighted by molar-refractivity contribution is 5.09. The van der Waals surface area contributed by atoms with Gasteiger partial charge in [-0.15, -0.1) is 0 Å². The molecule has 0 spiro atoms. The van der Waals surface area contributed by atoms with Crippen LogP contribution in [0.4, 0.5) is 0 Å². The van der Waals surface area contributed by atoms with Gasteiger partial charge in [0.25, 0.3) is 0 Å². The zero-order chi connectivity index (χ0) is 12.0. The summed E-state index contributed by atoms with van der Waals surface area (Å²) >= 11 is 0. The van der Waals surface area contributed by atoms with Crippen molar-refractivity contribution in [2.75, 3.05) is 13.1 Å². The van der Waals surface area contributed by atoms with Crippen molar-refractivity contribution in [2.24, 2.45) is 5.73 Å². The summed E-state index contributed by atoms with van der Waals surface area (Å²) in [7, 11) is 0. The lowest BCUT2D eigenvalue weighted by molar-refractivity contribution is 0.267. The monoisotopic (exact) mass is 221 g/mol. The molecular weight excluding hydrogens is 198 g/mol. The normalized spacial score (nSPS) is 13.1. The van der Waals surface area contributed by atoms with Crippen molar-refractivity contribution in [3.63, 3.8) is 0 Å². The van der Waals surface area contributed by atoms with Gasteiger partial charge in [-0.2, -0.15) is 0 Å². The van der Waals surface area contributed by atoms with Gasteiger partial charge in [0, 0.05) is 18.3 Å². The Morgan fingerprint density at radius 1 is 1.44 bits per heavy atom. The standard InChI is InChI=1S/C13H23N3/c1-4-16(9-8-11(2)14)10-13-7-5-6-12(3)15-13/h5-7,11H,4,8-10,14H2,1-3H3. The highest BCUT2D eigenvalue weighted by atomic mass is 15.1. The molecular formula is C13H23N3. The van der Waals surface area contributed by atoms with Gasteiger partial charge in [-0.05, 0) is 45.5 Å². The van der Waals surface area contributed by atoms with Gasteiger partial charge >= 0.3 is 0 Å². The van der Waals surface area contributed by atoms with Crippen LogP contribution in [0.1, 0.15) is 31.7 Å². The van der Waals surface area contributed by atoms with E-state index in [0.29, 0.717) is 0 Å². The fourth-order valence-electron chi connectivity index (χ4n) is 1.65. The topological polar surface area (TPSA) is 42.1 Å². The highest BCUT2D eigenvalue weighted by Crippen LogP contribution is 2.04. The van der Waals surface area contributed by atoms with Crippen LogP contribution in [-0.2, 0) is 6.54 Å². The average molecular weight is 221 g/mol. The molecule has 0 radical (unpaired) electrons. The predicted molar refractivity (Wildman–Crippen MR) is 68.2 cm³/mol. The Morgan fingerprint density at radius 2 is 2.19 bits per heavy atom. The minimum atomic E-state index is 0.277. The maximum atomic E-state index is 5.77. The lowest BCUT2D eigenvalue weighted by Crippen LogP contribution is -2.29. The third-order valence-corrected chi connectivity index (χ3v) is 2.68. The molecule has 16 heavy (non-hydrogen) atoms. The van der Waals surface area contributed by atoms with Crippen molar-refractivity contribution in [1.82, 2.24) is 9.88 Å². The van der Waals surface area contributed by atoms with E-state index in [0.717, 1.165) is 37.4 Å². The Bertz CT molecular complexity index is 310. The first-order valence-electron chi connectivity index (χ1n) is 6.02. The molecule has 1 aromatic heterocycles. The molecule has 2 N–H and O–H groups in total. The summed E-state index contributed by atoms with van der Waals surface area (Å²) < 4.78 is 0. The van der Waals surface area contributed by atoms with Gasteiger partial charge < -0.3 is 5.73 Å². The molecule has 0 aliphatic heterocycles. The van der Waals surface area contributed by atoms with Gasteiger partial charge in [0.15, 0.2) is 0 Å². The fraction of sp³-hybridized carbons (Fsp3) is 0.615. The molecule has 1 rings (SSSR count). The molecule has 1 atom stereocenters. The number of nitrogens with two attached hydrogens (primary N) is 1. The molecule has 0 aliphatic rings. The van der Waals surface area contributed by atoms with E-state index in [2.05, 4.69) is 35.9 Å². The molecule has 1 unspecified atom stereocenters. The van der Waals surface area contributed by atoms with Crippen molar-refractivity contribution < 1.29 is 0 Å². The third-order valence-electron chi connectivity index (χ3n) is 2.68. The van der Waals surface area contributed by atoms with E-state index < -0.39 is 0 Å². The van der Waals surface area contributed by atoms with Crippen molar-refractivity contribution in [3.05, 3.63) is 29.6 Å². The molecule has 0 saturated carbocycles. The van der Waals surface area contributed by atoms with Crippen LogP contribution in [0.2, 0.25) is 0 Å². The molecule has 90 valence electrons. The van der Waals surface area contributed by atoms with E-state index in [1.807, 2.05) is 13.0 Å². The van der Waals surface area contributed by atoms with Crippen molar-refractivity contribution >= 4 is 0 Å². The molecule has 0 fully saturated rings. The molecule has 3 heteroatoms. The van der Waals surface area contributed by atoms with Crippen LogP contribution in [0.3, 0.4) is 0 Å². The summed E-state index contributed by atoms with van der Waals surface area (Å²) in [6.45, 7) is 9.27. The van der Waals surface area contributed by atoms with E-state index >= 15 is 0 Å². The largest absolute Gasteiger partial charge is 0.328 e. The van der Waals surface area contributed by atoms with Gasteiger partial charge in [-0.25, -0.2) is 0 Å². The maximum absolute atomic E-state index is 5.77. The van der Waals surface area contributed by atoms with Crippen LogP contribution in [0.5, 0.6) is 0 Å². The van der Waals surface area contributed by atoms with Crippen LogP contribution >= 0.6 is 0 Å². The number of pyridine rings is 1. The quantitative estimate of drug-likeness (QED) is 0.798. The Hall–Kier alpha value is -0.930. The first kappa shape index (κ1) is 13.1. The number of nitrogens with zero attached hydrogens (tertiary/aromatic N) is 2. The summed E-state index contributed by atoms with van der Waals surface area (Å²) in [6, 6.07) is 6.46. The Labute approximate surface area is 98.7 Å². The van der Waals surface area contributed by atoms with Gasteiger partial charge in [-0.3, -0.25) is 9.88 Å². The maximum Gasteiger partial charge on any atom is 0.0547 e. The predicted octanol–water partition coefficient (Wildman–Crippen LogP) is 1.95. The zero-order valence-corrected chi connectivity index (χ0v) is 10.6. The van der Waals surface area contributed by atoms with E-state index in [4.69, 9.17) is 5.73 Å². The average Bonchev–Trinajstić information content (AvgIpc) is 2.24. The summed E-state index contributed by atoms with van der Waals surface area (Å²) in [5.74, 6) is 0. The molecule has 1 heterocycles. The van der Waals surface area contributed by atoms with Crippen molar-refractivity contribution in [2.45, 2.75) is 39.8 Å². The van der Waals surface area contributed by atoms with E-state index in [9.17, 15) is 0 Å². The smallest absolute Gasteiger partial charge is 0.0547 e. The second-order valence-electron chi connectivity index (χ2n) is 4.41. The molecule has 0 amide bonds. The van der Waals surface area contributed by atoms with Crippen LogP contribution in [0, 0.1) is 6.92 Å². The first-order valence-corrected chi connectivity index (χ1v) is 6.02. The van der Waals surface area contributed by atoms with Crippen molar-refractivity contribution in [1.29, 1.82) is 0 Å². The highest BCUT2D eigenvalue weighted by Gasteiger charge is 2.05. The van der Waals surface area contributed by atoms with Crippen LogP contribution in [-0.4, -0.2) is 29.0 Å². The minimum Gasteiger partial charge on any atom is -0.328 e. The Balaban J connectivity index is 2.49. The molecule has 0 saturated heterocycles. The minimum absolute atomic E-state index is 0.277. The van der Waals surface area contributed by atoms with E-state index in [-0.39, 0.29) is 6.04 Å². The number of hydrogen-bond acceptors (Lipinski definition) is 3. The van der Waals surface area contributed by atoms with Crippen LogP contribution in [0.25, 0.3) is 0 Å². The number of hydrogen-bond donors (Lipinski definition) is 1. The van der Waals surface area contributed by atoms with Crippen LogP contribution < -0.4 is 5.73 Å². The van der Waals surface area contributed by atoms with E-state index in [1.54, 1.807) is 0 Å². The molecule has 1 aromatic rings. The summed E-state index contributed by atoms with van der Waals surface area (Å²) in [4.78, 5) is 6.90. The first-order chi connectivity index (χ1) is 7.61. The molecule has 0 aliphatic carbocycles. The number of aromatic nitrogens is 1. The fourth-order valence-corrected chi connectivity index (χ4v) is 1.65. The third kappa shape index (κ3) is 4.73. The lowest BCUT2D eigenvalue weighted by Gasteiger charge is -2.21. The second kappa shape index (κ2) is 6.61. The Morgan fingerprint density at radius 3 is 2.75 bits per heavy atom. The van der Waals surface area contributed by atoms with Gasteiger partial charge in [0.2, 0.25) is 0 Å². The molecule has 0 bridgehead atoms. The summed E-state index contributed by atoms with van der Waals surface area (Å²) in [5, 5.41) is 0. The second-order valence-corrected chi connectivity index (χ2v) is 4.41. The number of aryl methyl sites for hydroxylation is 1. The lowest BCUT2D eigenvalue weighted by atomic mass is 10.2. The SMILES string of the molecule is CCN(CCC(C)N)Cc1cccc(C)n1. The molecule has 3 nitrogen and oxygen atoms in total. The summed E-state index contributed by atoms with van der Waals surface area (Å²) in [5.41, 5.74) is 8.00. The summed E-state index contributed by atoms with van der Waals surface area (Å²) in [6.07, 6.45) is 1.04. The number of rotatable bonds is 6. The zero-order valence-electron chi connectivity index (χ0n) is 10.6. The van der Waals surface area contributed by atoms with Gasteiger partial charge in [0.05, 0.1) is 5.69 Å². The van der Waals surface area contributed by atoms with Gasteiger partial charge in [-0.1, -0.05) is 13.0 Å². The van der Waals surface area contributed by atoms with E-state index in [1.165, 1.54) is 0 Å². The van der Waals surface area contributed by atoms with Crippen LogP contribution in [0.15, 0.2) is 18.2 Å². The van der Waals surface area contributed by atoms with Gasteiger partial charge in [0.1, 0.15) is 0 Å². The Kier molecular flexibility index (Phi) is 5.43.